The monoisotopic (exact) mass is 261 g/mol. The van der Waals surface area contributed by atoms with Gasteiger partial charge in [-0.25, -0.2) is 0 Å². The van der Waals surface area contributed by atoms with Crippen LogP contribution in [0.25, 0.3) is 0 Å². The van der Waals surface area contributed by atoms with Crippen LogP contribution in [-0.4, -0.2) is 42.4 Å². The average Bonchev–Trinajstić information content (AvgIpc) is 2.63. The maximum atomic E-state index is 12.2. The topological polar surface area (TPSA) is 75.4 Å². The van der Waals surface area contributed by atoms with E-state index in [-0.39, 0.29) is 18.4 Å². The van der Waals surface area contributed by atoms with Crippen molar-refractivity contribution in [2.24, 2.45) is 5.73 Å². The molecule has 102 valence electrons. The molecule has 19 heavy (non-hydrogen) atoms. The number of amides is 2. The van der Waals surface area contributed by atoms with Crippen LogP contribution in [0.5, 0.6) is 0 Å². The minimum absolute atomic E-state index is 0.112. The minimum Gasteiger partial charge on any atom is -0.354 e. The first-order chi connectivity index (χ1) is 9.16. The highest BCUT2D eigenvalue weighted by molar-refractivity contribution is 5.87. The summed E-state index contributed by atoms with van der Waals surface area (Å²) in [6.07, 6.45) is 1.27. The molecule has 1 saturated heterocycles. The predicted molar refractivity (Wildman–Crippen MR) is 72.3 cm³/mol. The lowest BCUT2D eigenvalue weighted by Crippen LogP contribution is -2.47. The van der Waals surface area contributed by atoms with Gasteiger partial charge in [0.05, 0.1) is 12.6 Å². The van der Waals surface area contributed by atoms with Gasteiger partial charge in [0.1, 0.15) is 0 Å². The Labute approximate surface area is 112 Å². The summed E-state index contributed by atoms with van der Waals surface area (Å²) in [5, 5.41) is 2.74. The molecule has 1 atom stereocenters. The number of nitrogens with two attached hydrogens (primary N) is 1. The van der Waals surface area contributed by atoms with E-state index < -0.39 is 6.04 Å². The molecule has 2 rings (SSSR count). The fourth-order valence-corrected chi connectivity index (χ4v) is 2.18. The molecular formula is C14H19N3O2. The smallest absolute Gasteiger partial charge is 0.240 e. The number of carbonyl (C=O) groups excluding carboxylic acids is 2. The maximum absolute atomic E-state index is 12.2. The summed E-state index contributed by atoms with van der Waals surface area (Å²) < 4.78 is 0. The van der Waals surface area contributed by atoms with Crippen molar-refractivity contribution in [1.82, 2.24) is 10.2 Å². The molecule has 0 aromatic heterocycles. The molecule has 0 aliphatic carbocycles. The zero-order chi connectivity index (χ0) is 13.7. The van der Waals surface area contributed by atoms with Gasteiger partial charge in [-0.2, -0.15) is 0 Å². The van der Waals surface area contributed by atoms with Crippen LogP contribution < -0.4 is 11.1 Å². The first-order valence-corrected chi connectivity index (χ1v) is 6.52. The van der Waals surface area contributed by atoms with Crippen LogP contribution in [0.15, 0.2) is 30.3 Å². The van der Waals surface area contributed by atoms with Crippen LogP contribution in [-0.2, 0) is 16.0 Å². The van der Waals surface area contributed by atoms with Gasteiger partial charge < -0.3 is 16.0 Å². The Morgan fingerprint density at radius 3 is 2.84 bits per heavy atom. The lowest BCUT2D eigenvalue weighted by molar-refractivity contribution is -0.136. The summed E-state index contributed by atoms with van der Waals surface area (Å²) in [6.45, 7) is 1.32. The van der Waals surface area contributed by atoms with Crippen molar-refractivity contribution in [2.45, 2.75) is 18.9 Å². The fraction of sp³-hybridized carbons (Fsp3) is 0.429. The predicted octanol–water partition coefficient (Wildman–Crippen LogP) is -0.0951. The Kier molecular flexibility index (Phi) is 4.52. The SMILES string of the molecule is NC(Cc1ccccc1)C(=O)N1CCCNC(=O)C1. The minimum atomic E-state index is -0.590. The third-order valence-electron chi connectivity index (χ3n) is 3.19. The first-order valence-electron chi connectivity index (χ1n) is 6.52. The largest absolute Gasteiger partial charge is 0.354 e. The quantitative estimate of drug-likeness (QED) is 0.798. The van der Waals surface area contributed by atoms with Crippen molar-refractivity contribution in [3.63, 3.8) is 0 Å². The molecule has 1 aromatic carbocycles. The summed E-state index contributed by atoms with van der Waals surface area (Å²) in [6, 6.07) is 9.08. The second kappa shape index (κ2) is 6.33. The number of hydrogen-bond donors (Lipinski definition) is 2. The second-order valence-electron chi connectivity index (χ2n) is 4.76. The van der Waals surface area contributed by atoms with E-state index in [2.05, 4.69) is 5.32 Å². The van der Waals surface area contributed by atoms with Crippen molar-refractivity contribution in [1.29, 1.82) is 0 Å². The highest BCUT2D eigenvalue weighted by atomic mass is 16.2. The molecule has 1 aliphatic rings. The van der Waals surface area contributed by atoms with Gasteiger partial charge in [-0.15, -0.1) is 0 Å². The number of nitrogens with one attached hydrogen (secondary N) is 1. The Balaban J connectivity index is 1.96. The van der Waals surface area contributed by atoms with E-state index in [1.807, 2.05) is 30.3 Å². The van der Waals surface area contributed by atoms with Crippen LogP contribution in [0, 0.1) is 0 Å². The first kappa shape index (κ1) is 13.5. The molecule has 0 saturated carbocycles. The molecule has 1 aromatic rings. The molecule has 1 aliphatic heterocycles. The van der Waals surface area contributed by atoms with Gasteiger partial charge in [0.15, 0.2) is 0 Å². The Hall–Kier alpha value is -1.88. The molecule has 3 N–H and O–H groups in total. The van der Waals surface area contributed by atoms with Gasteiger partial charge in [-0.3, -0.25) is 9.59 Å². The van der Waals surface area contributed by atoms with E-state index in [0.29, 0.717) is 19.5 Å². The standard InChI is InChI=1S/C14H19N3O2/c15-12(9-11-5-2-1-3-6-11)14(19)17-8-4-7-16-13(18)10-17/h1-3,5-6,12H,4,7-10,15H2,(H,16,18). The van der Waals surface area contributed by atoms with Crippen molar-refractivity contribution >= 4 is 11.8 Å². The highest BCUT2D eigenvalue weighted by Gasteiger charge is 2.24. The summed E-state index contributed by atoms with van der Waals surface area (Å²) in [5.74, 6) is -0.265. The van der Waals surface area contributed by atoms with E-state index in [4.69, 9.17) is 5.73 Å². The van der Waals surface area contributed by atoms with Gasteiger partial charge >= 0.3 is 0 Å². The van der Waals surface area contributed by atoms with Gasteiger partial charge in [0.2, 0.25) is 11.8 Å². The molecule has 1 heterocycles. The lowest BCUT2D eigenvalue weighted by atomic mass is 10.1. The number of rotatable bonds is 3. The van der Waals surface area contributed by atoms with E-state index >= 15 is 0 Å². The number of carbonyl (C=O) groups is 2. The molecule has 2 amide bonds. The van der Waals surface area contributed by atoms with Crippen molar-refractivity contribution in [3.05, 3.63) is 35.9 Å². The summed E-state index contributed by atoms with van der Waals surface area (Å²) in [4.78, 5) is 25.2. The molecule has 0 radical (unpaired) electrons. The molecule has 1 fully saturated rings. The van der Waals surface area contributed by atoms with Crippen LogP contribution in [0.3, 0.4) is 0 Å². The van der Waals surface area contributed by atoms with E-state index in [1.54, 1.807) is 4.90 Å². The summed E-state index contributed by atoms with van der Waals surface area (Å²) >= 11 is 0. The van der Waals surface area contributed by atoms with Crippen LogP contribution in [0.2, 0.25) is 0 Å². The van der Waals surface area contributed by atoms with Crippen molar-refractivity contribution in [3.8, 4) is 0 Å². The van der Waals surface area contributed by atoms with E-state index in [9.17, 15) is 9.59 Å². The third-order valence-corrected chi connectivity index (χ3v) is 3.19. The van der Waals surface area contributed by atoms with Gasteiger partial charge in [-0.05, 0) is 18.4 Å². The van der Waals surface area contributed by atoms with Crippen molar-refractivity contribution in [2.75, 3.05) is 19.6 Å². The van der Waals surface area contributed by atoms with Crippen molar-refractivity contribution < 1.29 is 9.59 Å². The van der Waals surface area contributed by atoms with Crippen LogP contribution in [0.4, 0.5) is 0 Å². The molecule has 5 nitrogen and oxygen atoms in total. The third kappa shape index (κ3) is 3.79. The molecule has 0 bridgehead atoms. The normalized spacial score (nSPS) is 17.5. The molecule has 1 unspecified atom stereocenters. The fourth-order valence-electron chi connectivity index (χ4n) is 2.18. The van der Waals surface area contributed by atoms with E-state index in [1.165, 1.54) is 0 Å². The zero-order valence-corrected chi connectivity index (χ0v) is 10.8. The summed E-state index contributed by atoms with van der Waals surface area (Å²) in [5.41, 5.74) is 6.98. The van der Waals surface area contributed by atoms with Crippen LogP contribution in [0.1, 0.15) is 12.0 Å². The van der Waals surface area contributed by atoms with Gasteiger partial charge in [0.25, 0.3) is 0 Å². The Morgan fingerprint density at radius 2 is 2.11 bits per heavy atom. The second-order valence-corrected chi connectivity index (χ2v) is 4.76. The lowest BCUT2D eigenvalue weighted by Gasteiger charge is -2.23. The zero-order valence-electron chi connectivity index (χ0n) is 10.8. The number of nitrogens with zero attached hydrogens (tertiary/aromatic N) is 1. The van der Waals surface area contributed by atoms with Gasteiger partial charge in [0, 0.05) is 13.1 Å². The van der Waals surface area contributed by atoms with Gasteiger partial charge in [-0.1, -0.05) is 30.3 Å². The van der Waals surface area contributed by atoms with E-state index in [0.717, 1.165) is 12.0 Å². The summed E-state index contributed by atoms with van der Waals surface area (Å²) in [7, 11) is 0. The highest BCUT2D eigenvalue weighted by Crippen LogP contribution is 2.06. The Morgan fingerprint density at radius 1 is 1.37 bits per heavy atom. The average molecular weight is 261 g/mol. The maximum Gasteiger partial charge on any atom is 0.240 e. The number of benzene rings is 1. The molecule has 0 spiro atoms. The van der Waals surface area contributed by atoms with Crippen LogP contribution >= 0.6 is 0 Å². The Bertz CT molecular complexity index is 447. The molecular weight excluding hydrogens is 242 g/mol. The molecule has 5 heteroatoms. The number of hydrogen-bond acceptors (Lipinski definition) is 3.